The highest BCUT2D eigenvalue weighted by molar-refractivity contribution is 5.92. The highest BCUT2D eigenvalue weighted by Crippen LogP contribution is 2.34. The van der Waals surface area contributed by atoms with Crippen molar-refractivity contribution in [1.82, 2.24) is 0 Å². The zero-order valence-electron chi connectivity index (χ0n) is 15.0. The summed E-state index contributed by atoms with van der Waals surface area (Å²) in [6, 6.07) is 3.45. The molecule has 0 saturated carbocycles. The molecule has 0 radical (unpaired) electrons. The van der Waals surface area contributed by atoms with Crippen molar-refractivity contribution in [3.63, 3.8) is 0 Å². The third-order valence-corrected chi connectivity index (χ3v) is 2.60. The first-order chi connectivity index (χ1) is 12.5. The average molecular weight is 431 g/mol. The lowest BCUT2D eigenvalue weighted by atomic mass is 10.1. The van der Waals surface area contributed by atoms with E-state index in [4.69, 9.17) is 32.4 Å². The lowest BCUT2D eigenvalue weighted by Gasteiger charge is -2.15. The van der Waals surface area contributed by atoms with Crippen LogP contribution in [-0.2, 0) is 0 Å². The Morgan fingerprint density at radius 3 is 1.43 bits per heavy atom. The van der Waals surface area contributed by atoms with Gasteiger partial charge in [-0.25, -0.2) is 0 Å². The normalized spacial score (nSPS) is 9.71. The average Bonchev–Trinajstić information content (AvgIpc) is 2.59. The first-order valence-electron chi connectivity index (χ1n) is 7.37. The molecule has 8 N–H and O–H groups in total. The van der Waals surface area contributed by atoms with Gasteiger partial charge in [0.05, 0.1) is 12.4 Å². The summed E-state index contributed by atoms with van der Waals surface area (Å²) in [4.78, 5) is 0. The van der Waals surface area contributed by atoms with Crippen molar-refractivity contribution in [1.29, 1.82) is 0 Å². The van der Waals surface area contributed by atoms with Crippen LogP contribution in [0.5, 0.6) is 11.5 Å². The van der Waals surface area contributed by atoms with Crippen molar-refractivity contribution < 1.29 is 9.47 Å². The van der Waals surface area contributed by atoms with Gasteiger partial charge in [0.15, 0.2) is 11.5 Å². The van der Waals surface area contributed by atoms with E-state index in [0.29, 0.717) is 22.6 Å². The molecule has 12 heteroatoms. The SMILES string of the molecule is C=CCOc1c(/C=N/N=C(N)N)ccc(/C=N/N=C(N)N)c1OCC=C.Cl.Cl. The van der Waals surface area contributed by atoms with Crippen LogP contribution in [0, 0.1) is 0 Å². The van der Waals surface area contributed by atoms with Crippen molar-refractivity contribution in [2.45, 2.75) is 0 Å². The van der Waals surface area contributed by atoms with Crippen LogP contribution < -0.4 is 32.4 Å². The van der Waals surface area contributed by atoms with Crippen LogP contribution in [0.3, 0.4) is 0 Å². The van der Waals surface area contributed by atoms with Crippen LogP contribution in [0.15, 0.2) is 57.8 Å². The summed E-state index contributed by atoms with van der Waals surface area (Å²) in [7, 11) is 0. The van der Waals surface area contributed by atoms with Gasteiger partial charge in [-0.1, -0.05) is 25.3 Å². The first-order valence-corrected chi connectivity index (χ1v) is 7.37. The summed E-state index contributed by atoms with van der Waals surface area (Å²) in [6.45, 7) is 7.74. The Morgan fingerprint density at radius 2 is 1.14 bits per heavy atom. The van der Waals surface area contributed by atoms with E-state index >= 15 is 0 Å². The third-order valence-electron chi connectivity index (χ3n) is 2.60. The second-order valence-corrected chi connectivity index (χ2v) is 4.64. The van der Waals surface area contributed by atoms with E-state index < -0.39 is 0 Å². The van der Waals surface area contributed by atoms with Crippen LogP contribution in [-0.4, -0.2) is 37.6 Å². The number of hydrogen-bond donors (Lipinski definition) is 4. The predicted molar refractivity (Wildman–Crippen MR) is 119 cm³/mol. The van der Waals surface area contributed by atoms with Crippen molar-refractivity contribution in [3.8, 4) is 11.5 Å². The number of rotatable bonds is 10. The minimum absolute atomic E-state index is 0. The molecule has 1 aromatic rings. The Morgan fingerprint density at radius 1 is 0.786 bits per heavy atom. The topological polar surface area (TPSA) is 172 Å². The fraction of sp³-hybridized carbons (Fsp3) is 0.125. The third kappa shape index (κ3) is 9.46. The number of guanidine groups is 2. The summed E-state index contributed by atoms with van der Waals surface area (Å²) in [5.74, 6) is 0.461. The summed E-state index contributed by atoms with van der Waals surface area (Å²) in [5, 5.41) is 14.7. The van der Waals surface area contributed by atoms with Gasteiger partial charge in [-0.15, -0.1) is 35.0 Å². The number of hydrogen-bond acceptors (Lipinski definition) is 6. The van der Waals surface area contributed by atoms with E-state index in [1.54, 1.807) is 24.3 Å². The maximum Gasteiger partial charge on any atom is 0.211 e. The number of nitrogens with two attached hydrogens (primary N) is 4. The summed E-state index contributed by atoms with van der Waals surface area (Å²) < 4.78 is 11.4. The van der Waals surface area contributed by atoms with Gasteiger partial charge < -0.3 is 32.4 Å². The molecule has 0 amide bonds. The monoisotopic (exact) mass is 430 g/mol. The molecule has 0 fully saturated rings. The molecule has 28 heavy (non-hydrogen) atoms. The van der Waals surface area contributed by atoms with Gasteiger partial charge in [-0.3, -0.25) is 0 Å². The Bertz CT molecular complexity index is 692. The molecule has 0 aromatic heterocycles. The molecule has 0 aliphatic heterocycles. The zero-order chi connectivity index (χ0) is 19.4. The summed E-state index contributed by atoms with van der Waals surface area (Å²) >= 11 is 0. The van der Waals surface area contributed by atoms with Gasteiger partial charge in [-0.05, 0) is 12.1 Å². The Labute approximate surface area is 175 Å². The second-order valence-electron chi connectivity index (χ2n) is 4.64. The van der Waals surface area contributed by atoms with Gasteiger partial charge in [0.2, 0.25) is 11.9 Å². The molecule has 0 aliphatic rings. The van der Waals surface area contributed by atoms with E-state index in [2.05, 4.69) is 33.6 Å². The first kappa shape index (κ1) is 27.0. The highest BCUT2D eigenvalue weighted by atomic mass is 35.5. The Hall–Kier alpha value is -3.24. The minimum atomic E-state index is -0.168. The molecule has 0 heterocycles. The molecule has 1 aromatic carbocycles. The van der Waals surface area contributed by atoms with Gasteiger partial charge in [0.25, 0.3) is 0 Å². The van der Waals surface area contributed by atoms with E-state index in [-0.39, 0.29) is 49.9 Å². The quantitative estimate of drug-likeness (QED) is 0.185. The molecule has 0 atom stereocenters. The van der Waals surface area contributed by atoms with Crippen molar-refractivity contribution >= 4 is 49.2 Å². The Kier molecular flexibility index (Phi) is 14.3. The van der Waals surface area contributed by atoms with Crippen LogP contribution in [0.4, 0.5) is 0 Å². The van der Waals surface area contributed by atoms with Gasteiger partial charge in [0, 0.05) is 11.1 Å². The fourth-order valence-corrected chi connectivity index (χ4v) is 1.69. The molecule has 10 nitrogen and oxygen atoms in total. The van der Waals surface area contributed by atoms with Gasteiger partial charge in [-0.2, -0.15) is 10.2 Å². The predicted octanol–water partition coefficient (Wildman–Crippen LogP) is 0.874. The van der Waals surface area contributed by atoms with Crippen LogP contribution >= 0.6 is 24.8 Å². The smallest absolute Gasteiger partial charge is 0.211 e. The summed E-state index contributed by atoms with van der Waals surface area (Å²) in [5.41, 5.74) is 22.2. The number of benzene rings is 1. The molecule has 0 bridgehead atoms. The second kappa shape index (κ2) is 14.9. The molecule has 1 rings (SSSR count). The lowest BCUT2D eigenvalue weighted by molar-refractivity contribution is 0.307. The maximum atomic E-state index is 5.71. The van der Waals surface area contributed by atoms with Crippen molar-refractivity contribution in [2.75, 3.05) is 13.2 Å². The van der Waals surface area contributed by atoms with Gasteiger partial charge >= 0.3 is 0 Å². The van der Waals surface area contributed by atoms with E-state index in [9.17, 15) is 0 Å². The number of nitrogens with zero attached hydrogens (tertiary/aromatic N) is 4. The molecular formula is C16H24Cl2N8O2. The zero-order valence-corrected chi connectivity index (χ0v) is 16.7. The van der Waals surface area contributed by atoms with E-state index in [1.165, 1.54) is 12.4 Å². The fourth-order valence-electron chi connectivity index (χ4n) is 1.69. The highest BCUT2D eigenvalue weighted by Gasteiger charge is 2.15. The molecule has 154 valence electrons. The largest absolute Gasteiger partial charge is 0.485 e. The standard InChI is InChI=1S/C16H22N8O2.2ClH/c1-3-7-25-13-11(9-21-23-15(17)18)5-6-12(10-22-24-16(19)20)14(13)26-8-4-2;;/h3-6,9-10H,1-2,7-8H2,(H4,17,18,23)(H4,19,20,24);2*1H/b21-9+,22-10+;;. The van der Waals surface area contributed by atoms with Gasteiger partial charge in [0.1, 0.15) is 13.2 Å². The molecule has 0 unspecified atom stereocenters. The number of halogens is 2. The lowest BCUT2D eigenvalue weighted by Crippen LogP contribution is -2.21. The molecule has 0 spiro atoms. The number of ether oxygens (including phenoxy) is 2. The van der Waals surface area contributed by atoms with Crippen molar-refractivity contribution in [2.24, 2.45) is 43.3 Å². The van der Waals surface area contributed by atoms with Crippen molar-refractivity contribution in [3.05, 3.63) is 48.6 Å². The maximum absolute atomic E-state index is 5.71. The van der Waals surface area contributed by atoms with E-state index in [1.807, 2.05) is 0 Å². The minimum Gasteiger partial charge on any atom is -0.485 e. The molecular weight excluding hydrogens is 407 g/mol. The molecule has 0 aliphatic carbocycles. The Balaban J connectivity index is 0. The van der Waals surface area contributed by atoms with Crippen LogP contribution in [0.2, 0.25) is 0 Å². The van der Waals surface area contributed by atoms with E-state index in [0.717, 1.165) is 0 Å². The van der Waals surface area contributed by atoms with Crippen LogP contribution in [0.1, 0.15) is 11.1 Å². The van der Waals surface area contributed by atoms with Crippen LogP contribution in [0.25, 0.3) is 0 Å². The summed E-state index contributed by atoms with van der Waals surface area (Å²) in [6.07, 6.45) is 6.04. The molecule has 0 saturated heterocycles.